The lowest BCUT2D eigenvalue weighted by atomic mass is 10.0. The average molecular weight is 262 g/mol. The van der Waals surface area contributed by atoms with Gasteiger partial charge in [0.1, 0.15) is 5.82 Å². The van der Waals surface area contributed by atoms with Crippen molar-refractivity contribution in [3.63, 3.8) is 0 Å². The highest BCUT2D eigenvalue weighted by Gasteiger charge is 2.26. The first-order chi connectivity index (χ1) is 9.33. The van der Waals surface area contributed by atoms with Gasteiger partial charge in [0.05, 0.1) is 25.1 Å². The van der Waals surface area contributed by atoms with Gasteiger partial charge in [-0.25, -0.2) is 4.98 Å². The molecule has 2 aliphatic rings. The van der Waals surface area contributed by atoms with Crippen LogP contribution in [-0.2, 0) is 4.74 Å². The molecule has 2 fully saturated rings. The molecule has 2 N–H and O–H groups in total. The summed E-state index contributed by atoms with van der Waals surface area (Å²) in [5.74, 6) is 0.588. The maximum absolute atomic E-state index is 5.65. The third-order valence-corrected chi connectivity index (χ3v) is 4.09. The fourth-order valence-corrected chi connectivity index (χ4v) is 3.01. The van der Waals surface area contributed by atoms with E-state index in [-0.39, 0.29) is 0 Å². The molecule has 0 amide bonds. The van der Waals surface area contributed by atoms with Crippen molar-refractivity contribution in [1.29, 1.82) is 0 Å². The summed E-state index contributed by atoms with van der Waals surface area (Å²) >= 11 is 0. The van der Waals surface area contributed by atoms with Crippen molar-refractivity contribution in [2.75, 3.05) is 50.0 Å². The highest BCUT2D eigenvalue weighted by Crippen LogP contribution is 2.22. The number of hydrogen-bond acceptors (Lipinski definition) is 5. The van der Waals surface area contributed by atoms with Gasteiger partial charge < -0.3 is 15.4 Å². The minimum absolute atomic E-state index is 0.588. The monoisotopic (exact) mass is 262 g/mol. The molecule has 0 radical (unpaired) electrons. The molecule has 0 saturated carbocycles. The van der Waals surface area contributed by atoms with Gasteiger partial charge >= 0.3 is 0 Å². The first-order valence-corrected chi connectivity index (χ1v) is 7.11. The first kappa shape index (κ1) is 12.7. The number of aromatic nitrogens is 1. The number of morpholine rings is 1. The molecular weight excluding hydrogens is 240 g/mol. The van der Waals surface area contributed by atoms with Crippen LogP contribution < -0.4 is 10.6 Å². The molecule has 1 aromatic heterocycles. The molecule has 104 valence electrons. The summed E-state index contributed by atoms with van der Waals surface area (Å²) in [5, 5.41) is 0. The summed E-state index contributed by atoms with van der Waals surface area (Å²) in [6, 6.07) is 4.60. The number of ether oxygens (including phenoxy) is 1. The van der Waals surface area contributed by atoms with Gasteiger partial charge in [0, 0.05) is 32.2 Å². The van der Waals surface area contributed by atoms with Crippen molar-refractivity contribution in [2.24, 2.45) is 0 Å². The maximum atomic E-state index is 5.65. The minimum Gasteiger partial charge on any atom is -0.384 e. The number of piperidine rings is 1. The van der Waals surface area contributed by atoms with Gasteiger partial charge in [0.25, 0.3) is 0 Å². The molecule has 1 unspecified atom stereocenters. The molecule has 3 heterocycles. The zero-order valence-corrected chi connectivity index (χ0v) is 11.3. The van der Waals surface area contributed by atoms with Crippen LogP contribution in [0.3, 0.4) is 0 Å². The number of pyridine rings is 1. The molecule has 2 saturated heterocycles. The van der Waals surface area contributed by atoms with Crippen molar-refractivity contribution in [3.8, 4) is 0 Å². The van der Waals surface area contributed by atoms with E-state index in [2.05, 4.69) is 20.9 Å². The normalized spacial score (nSPS) is 25.5. The predicted octanol–water partition coefficient (Wildman–Crippen LogP) is 0.965. The Labute approximate surface area is 114 Å². The maximum Gasteiger partial charge on any atom is 0.123 e. The second-order valence-electron chi connectivity index (χ2n) is 5.33. The second kappa shape index (κ2) is 5.75. The number of nitrogens with two attached hydrogens (primary N) is 1. The van der Waals surface area contributed by atoms with E-state index in [0.717, 1.165) is 39.4 Å². The third kappa shape index (κ3) is 2.98. The molecule has 3 rings (SSSR count). The number of hydrogen-bond donors (Lipinski definition) is 1. The summed E-state index contributed by atoms with van der Waals surface area (Å²) < 4.78 is 5.44. The van der Waals surface area contributed by atoms with Gasteiger partial charge in [0.15, 0.2) is 0 Å². The van der Waals surface area contributed by atoms with Crippen molar-refractivity contribution < 1.29 is 4.74 Å². The lowest BCUT2D eigenvalue weighted by molar-refractivity contribution is 0.0137. The smallest absolute Gasteiger partial charge is 0.123 e. The topological polar surface area (TPSA) is 54.6 Å². The summed E-state index contributed by atoms with van der Waals surface area (Å²) in [4.78, 5) is 9.19. The van der Waals surface area contributed by atoms with Crippen LogP contribution in [0.1, 0.15) is 12.8 Å². The van der Waals surface area contributed by atoms with Gasteiger partial charge in [-0.3, -0.25) is 4.90 Å². The van der Waals surface area contributed by atoms with E-state index in [1.807, 2.05) is 12.3 Å². The fraction of sp³-hybridized carbons (Fsp3) is 0.643. The van der Waals surface area contributed by atoms with Crippen LogP contribution in [0.15, 0.2) is 18.3 Å². The first-order valence-electron chi connectivity index (χ1n) is 7.11. The second-order valence-corrected chi connectivity index (χ2v) is 5.33. The van der Waals surface area contributed by atoms with E-state index < -0.39 is 0 Å². The standard InChI is InChI=1S/C14H22N4O/c15-14-4-3-12(10-16-14)18-5-1-2-13(11-18)17-6-8-19-9-7-17/h3-4,10,13H,1-2,5-9,11H2,(H2,15,16). The molecule has 0 bridgehead atoms. The molecule has 0 spiro atoms. The molecule has 2 aliphatic heterocycles. The lowest BCUT2D eigenvalue weighted by Gasteiger charge is -2.41. The van der Waals surface area contributed by atoms with Crippen molar-refractivity contribution in [1.82, 2.24) is 9.88 Å². The van der Waals surface area contributed by atoms with Gasteiger partial charge in [-0.15, -0.1) is 0 Å². The average Bonchev–Trinajstić information content (AvgIpc) is 2.49. The molecule has 0 aromatic carbocycles. The predicted molar refractivity (Wildman–Crippen MR) is 76.3 cm³/mol. The Kier molecular flexibility index (Phi) is 3.84. The number of nitrogen functional groups attached to an aromatic ring is 1. The molecule has 5 nitrogen and oxygen atoms in total. The zero-order chi connectivity index (χ0) is 13.1. The Morgan fingerprint density at radius 2 is 2.05 bits per heavy atom. The third-order valence-electron chi connectivity index (χ3n) is 4.09. The van der Waals surface area contributed by atoms with Crippen molar-refractivity contribution in [3.05, 3.63) is 18.3 Å². The van der Waals surface area contributed by atoms with Gasteiger partial charge in [-0.1, -0.05) is 0 Å². The molecular formula is C14H22N4O. The number of rotatable bonds is 2. The SMILES string of the molecule is Nc1ccc(N2CCCC(N3CCOCC3)C2)cn1. The molecule has 19 heavy (non-hydrogen) atoms. The largest absolute Gasteiger partial charge is 0.384 e. The van der Waals surface area contributed by atoms with E-state index in [9.17, 15) is 0 Å². The van der Waals surface area contributed by atoms with Crippen LogP contribution in [0, 0.1) is 0 Å². The summed E-state index contributed by atoms with van der Waals surface area (Å²) in [6.45, 7) is 6.09. The van der Waals surface area contributed by atoms with Crippen LogP contribution in [0.5, 0.6) is 0 Å². The van der Waals surface area contributed by atoms with Gasteiger partial charge in [0.2, 0.25) is 0 Å². The Hall–Kier alpha value is -1.33. The fourth-order valence-electron chi connectivity index (χ4n) is 3.01. The number of nitrogens with zero attached hydrogens (tertiary/aromatic N) is 3. The van der Waals surface area contributed by atoms with Crippen molar-refractivity contribution >= 4 is 11.5 Å². The van der Waals surface area contributed by atoms with E-state index in [1.54, 1.807) is 0 Å². The zero-order valence-electron chi connectivity index (χ0n) is 11.3. The summed E-state index contributed by atoms with van der Waals surface area (Å²) in [6.07, 6.45) is 4.42. The van der Waals surface area contributed by atoms with E-state index in [0.29, 0.717) is 11.9 Å². The Bertz CT molecular complexity index is 402. The molecule has 5 heteroatoms. The quantitative estimate of drug-likeness (QED) is 0.860. The summed E-state index contributed by atoms with van der Waals surface area (Å²) in [5.41, 5.74) is 6.84. The Morgan fingerprint density at radius 3 is 2.79 bits per heavy atom. The van der Waals surface area contributed by atoms with Crippen LogP contribution in [0.25, 0.3) is 0 Å². The van der Waals surface area contributed by atoms with Crippen LogP contribution in [0.2, 0.25) is 0 Å². The van der Waals surface area contributed by atoms with E-state index in [4.69, 9.17) is 10.5 Å². The molecule has 1 atom stereocenters. The van der Waals surface area contributed by atoms with E-state index in [1.165, 1.54) is 18.5 Å². The van der Waals surface area contributed by atoms with Crippen LogP contribution in [-0.4, -0.2) is 55.3 Å². The van der Waals surface area contributed by atoms with Crippen LogP contribution in [0.4, 0.5) is 11.5 Å². The van der Waals surface area contributed by atoms with E-state index >= 15 is 0 Å². The van der Waals surface area contributed by atoms with Crippen molar-refractivity contribution in [2.45, 2.75) is 18.9 Å². The molecule has 1 aromatic rings. The highest BCUT2D eigenvalue weighted by molar-refractivity contribution is 5.48. The Balaban J connectivity index is 1.65. The van der Waals surface area contributed by atoms with Gasteiger partial charge in [-0.05, 0) is 25.0 Å². The minimum atomic E-state index is 0.588. The number of anilines is 2. The summed E-state index contributed by atoms with van der Waals surface area (Å²) in [7, 11) is 0. The highest BCUT2D eigenvalue weighted by atomic mass is 16.5. The molecule has 0 aliphatic carbocycles. The van der Waals surface area contributed by atoms with Gasteiger partial charge in [-0.2, -0.15) is 0 Å². The lowest BCUT2D eigenvalue weighted by Crippen LogP contribution is -2.51. The van der Waals surface area contributed by atoms with Crippen LogP contribution >= 0.6 is 0 Å². The Morgan fingerprint density at radius 1 is 1.21 bits per heavy atom.